The lowest BCUT2D eigenvalue weighted by molar-refractivity contribution is 0.0240. The maximum Gasteiger partial charge on any atom is 0.410 e. The molecule has 1 aromatic heterocycles. The lowest BCUT2D eigenvalue weighted by atomic mass is 10.1. The number of amides is 1. The molecule has 144 valence electrons. The summed E-state index contributed by atoms with van der Waals surface area (Å²) in [5.41, 5.74) is 2.92. The average Bonchev–Trinajstić information content (AvgIpc) is 2.63. The number of piperazine rings is 1. The summed E-state index contributed by atoms with van der Waals surface area (Å²) in [6.07, 6.45) is 2.50. The maximum absolute atomic E-state index is 12.2. The van der Waals surface area contributed by atoms with E-state index < -0.39 is 5.60 Å². The Balaban J connectivity index is 1.60. The minimum atomic E-state index is -0.469. The molecule has 0 radical (unpaired) electrons. The number of benzene rings is 1. The third kappa shape index (κ3) is 5.18. The summed E-state index contributed by atoms with van der Waals surface area (Å²) in [4.78, 5) is 25.3. The Bertz CT molecular complexity index is 779. The number of ether oxygens (including phenoxy) is 1. The number of aromatic nitrogens is 2. The van der Waals surface area contributed by atoms with Crippen LogP contribution < -0.4 is 4.90 Å². The van der Waals surface area contributed by atoms with Gasteiger partial charge in [-0.1, -0.05) is 30.3 Å². The molecule has 27 heavy (non-hydrogen) atoms. The number of hydrogen-bond donors (Lipinski definition) is 0. The molecular weight excluding hydrogens is 340 g/mol. The van der Waals surface area contributed by atoms with Gasteiger partial charge in [0, 0.05) is 44.5 Å². The number of anilines is 1. The van der Waals surface area contributed by atoms with Gasteiger partial charge in [0.1, 0.15) is 5.60 Å². The highest BCUT2D eigenvalue weighted by Gasteiger charge is 2.26. The van der Waals surface area contributed by atoms with E-state index in [1.54, 1.807) is 4.90 Å². The molecule has 1 amide bonds. The van der Waals surface area contributed by atoms with E-state index in [4.69, 9.17) is 9.72 Å². The summed E-state index contributed by atoms with van der Waals surface area (Å²) in [6.45, 7) is 10.3. The molecule has 0 unspecified atom stereocenters. The third-order valence-electron chi connectivity index (χ3n) is 4.52. The van der Waals surface area contributed by atoms with Gasteiger partial charge in [0.15, 0.2) is 0 Å². The Kier molecular flexibility index (Phi) is 5.63. The summed E-state index contributed by atoms with van der Waals surface area (Å²) >= 11 is 0. The van der Waals surface area contributed by atoms with Crippen molar-refractivity contribution in [1.82, 2.24) is 14.9 Å². The van der Waals surface area contributed by atoms with Crippen molar-refractivity contribution in [2.75, 3.05) is 31.1 Å². The molecule has 3 rings (SSSR count). The molecule has 0 N–H and O–H groups in total. The van der Waals surface area contributed by atoms with E-state index in [-0.39, 0.29) is 6.09 Å². The van der Waals surface area contributed by atoms with Gasteiger partial charge in [0.25, 0.3) is 0 Å². The molecular formula is C21H28N4O2. The van der Waals surface area contributed by atoms with Gasteiger partial charge in [-0.3, -0.25) is 0 Å². The van der Waals surface area contributed by atoms with Crippen LogP contribution in [0.2, 0.25) is 0 Å². The minimum Gasteiger partial charge on any atom is -0.444 e. The highest BCUT2D eigenvalue weighted by molar-refractivity contribution is 5.68. The van der Waals surface area contributed by atoms with Crippen molar-refractivity contribution in [3.63, 3.8) is 0 Å². The predicted octanol–water partition coefficient (Wildman–Crippen LogP) is 3.43. The van der Waals surface area contributed by atoms with Crippen LogP contribution in [-0.4, -0.2) is 52.7 Å². The van der Waals surface area contributed by atoms with Gasteiger partial charge in [0.05, 0.1) is 0 Å². The molecule has 1 aliphatic rings. The van der Waals surface area contributed by atoms with Crippen LogP contribution >= 0.6 is 0 Å². The highest BCUT2D eigenvalue weighted by Crippen LogP contribution is 2.17. The Morgan fingerprint density at radius 3 is 2.37 bits per heavy atom. The van der Waals surface area contributed by atoms with Crippen LogP contribution in [0, 0.1) is 6.92 Å². The van der Waals surface area contributed by atoms with Crippen molar-refractivity contribution in [3.05, 3.63) is 53.3 Å². The molecule has 6 heteroatoms. The fourth-order valence-corrected chi connectivity index (χ4v) is 3.04. The standard InChI is InChI=1S/C21H28N4O2/c1-16-18(14-17-8-6-5-7-9-17)15-22-19(23-16)24-10-12-25(13-11-24)20(26)27-21(2,3)4/h5-9,15H,10-14H2,1-4H3. The van der Waals surface area contributed by atoms with Crippen LogP contribution in [0.4, 0.5) is 10.7 Å². The zero-order valence-corrected chi connectivity index (χ0v) is 16.6. The van der Waals surface area contributed by atoms with E-state index in [0.717, 1.165) is 23.6 Å². The Hall–Kier alpha value is -2.63. The first-order chi connectivity index (χ1) is 12.8. The van der Waals surface area contributed by atoms with E-state index >= 15 is 0 Å². The van der Waals surface area contributed by atoms with Gasteiger partial charge in [-0.15, -0.1) is 0 Å². The van der Waals surface area contributed by atoms with Crippen LogP contribution in [0.1, 0.15) is 37.6 Å². The summed E-state index contributed by atoms with van der Waals surface area (Å²) in [6, 6.07) is 10.3. The second-order valence-corrected chi connectivity index (χ2v) is 7.90. The van der Waals surface area contributed by atoms with Crippen LogP contribution in [0.3, 0.4) is 0 Å². The van der Waals surface area contributed by atoms with Crippen LogP contribution in [0.5, 0.6) is 0 Å². The van der Waals surface area contributed by atoms with Gasteiger partial charge >= 0.3 is 6.09 Å². The summed E-state index contributed by atoms with van der Waals surface area (Å²) in [7, 11) is 0. The van der Waals surface area contributed by atoms with Gasteiger partial charge in [0.2, 0.25) is 5.95 Å². The first-order valence-corrected chi connectivity index (χ1v) is 9.41. The molecule has 2 aromatic rings. The molecule has 1 aromatic carbocycles. The van der Waals surface area contributed by atoms with Crippen LogP contribution in [-0.2, 0) is 11.2 Å². The zero-order valence-electron chi connectivity index (χ0n) is 16.6. The van der Waals surface area contributed by atoms with Gasteiger partial charge < -0.3 is 14.5 Å². The van der Waals surface area contributed by atoms with Crippen molar-refractivity contribution in [2.24, 2.45) is 0 Å². The van der Waals surface area contributed by atoms with Gasteiger partial charge in [-0.2, -0.15) is 0 Å². The number of hydrogen-bond acceptors (Lipinski definition) is 5. The molecule has 1 aliphatic heterocycles. The Morgan fingerprint density at radius 1 is 1.11 bits per heavy atom. The largest absolute Gasteiger partial charge is 0.444 e. The van der Waals surface area contributed by atoms with Crippen molar-refractivity contribution < 1.29 is 9.53 Å². The predicted molar refractivity (Wildman–Crippen MR) is 106 cm³/mol. The number of nitrogens with zero attached hydrogens (tertiary/aromatic N) is 4. The van der Waals surface area contributed by atoms with E-state index in [1.807, 2.05) is 52.1 Å². The normalized spacial score (nSPS) is 15.0. The third-order valence-corrected chi connectivity index (χ3v) is 4.52. The summed E-state index contributed by atoms with van der Waals surface area (Å²) < 4.78 is 5.45. The van der Waals surface area contributed by atoms with Gasteiger partial charge in [-0.05, 0) is 38.8 Å². The number of carbonyl (C=O) groups excluding carboxylic acids is 1. The molecule has 6 nitrogen and oxygen atoms in total. The second-order valence-electron chi connectivity index (χ2n) is 7.90. The van der Waals surface area contributed by atoms with Gasteiger partial charge in [-0.25, -0.2) is 14.8 Å². The van der Waals surface area contributed by atoms with E-state index in [0.29, 0.717) is 26.2 Å². The number of aryl methyl sites for hydroxylation is 1. The fourth-order valence-electron chi connectivity index (χ4n) is 3.04. The lowest BCUT2D eigenvalue weighted by Crippen LogP contribution is -2.50. The van der Waals surface area contributed by atoms with Crippen molar-refractivity contribution in [3.8, 4) is 0 Å². The topological polar surface area (TPSA) is 58.6 Å². The van der Waals surface area contributed by atoms with Crippen molar-refractivity contribution >= 4 is 12.0 Å². The summed E-state index contributed by atoms with van der Waals surface area (Å²) in [5.74, 6) is 0.730. The summed E-state index contributed by atoms with van der Waals surface area (Å²) in [5, 5.41) is 0. The average molecular weight is 368 g/mol. The zero-order chi connectivity index (χ0) is 19.4. The van der Waals surface area contributed by atoms with E-state index in [1.165, 1.54) is 5.56 Å². The van der Waals surface area contributed by atoms with Crippen molar-refractivity contribution in [2.45, 2.75) is 39.7 Å². The molecule has 0 spiro atoms. The molecule has 2 heterocycles. The SMILES string of the molecule is Cc1nc(N2CCN(C(=O)OC(C)(C)C)CC2)ncc1Cc1ccccc1. The minimum absolute atomic E-state index is 0.252. The fraction of sp³-hybridized carbons (Fsp3) is 0.476. The van der Waals surface area contributed by atoms with Crippen molar-refractivity contribution in [1.29, 1.82) is 0 Å². The molecule has 1 fully saturated rings. The molecule has 0 aliphatic carbocycles. The number of rotatable bonds is 3. The molecule has 0 bridgehead atoms. The molecule has 1 saturated heterocycles. The Labute approximate surface area is 161 Å². The quantitative estimate of drug-likeness (QED) is 0.831. The maximum atomic E-state index is 12.2. The lowest BCUT2D eigenvalue weighted by Gasteiger charge is -2.35. The smallest absolute Gasteiger partial charge is 0.410 e. The Morgan fingerprint density at radius 2 is 1.78 bits per heavy atom. The molecule has 0 atom stereocenters. The monoisotopic (exact) mass is 368 g/mol. The second kappa shape index (κ2) is 7.94. The highest BCUT2D eigenvalue weighted by atomic mass is 16.6. The first kappa shape index (κ1) is 19.1. The first-order valence-electron chi connectivity index (χ1n) is 9.41. The van der Waals surface area contributed by atoms with E-state index in [2.05, 4.69) is 22.0 Å². The number of carbonyl (C=O) groups is 1. The molecule has 0 saturated carbocycles. The van der Waals surface area contributed by atoms with Crippen LogP contribution in [0.15, 0.2) is 36.5 Å². The van der Waals surface area contributed by atoms with Crippen LogP contribution in [0.25, 0.3) is 0 Å². The van der Waals surface area contributed by atoms with E-state index in [9.17, 15) is 4.79 Å².